The minimum absolute atomic E-state index is 0.522. The highest BCUT2D eigenvalue weighted by atomic mass is 35.5. The fourth-order valence-corrected chi connectivity index (χ4v) is 1.96. The van der Waals surface area contributed by atoms with E-state index in [-0.39, 0.29) is 0 Å². The molecule has 1 aromatic heterocycles. The van der Waals surface area contributed by atoms with Gasteiger partial charge in [-0.05, 0) is 24.6 Å². The van der Waals surface area contributed by atoms with Crippen molar-refractivity contribution in [3.63, 3.8) is 0 Å². The van der Waals surface area contributed by atoms with Gasteiger partial charge >= 0.3 is 0 Å². The third-order valence-corrected chi connectivity index (χ3v) is 2.74. The first-order valence-corrected chi connectivity index (χ1v) is 6.20. The highest BCUT2D eigenvalue weighted by Crippen LogP contribution is 2.36. The first kappa shape index (κ1) is 13.5. The third kappa shape index (κ3) is 3.29. The summed E-state index contributed by atoms with van der Waals surface area (Å²) in [5, 5.41) is 7.93. The van der Waals surface area contributed by atoms with Crippen molar-refractivity contribution in [2.24, 2.45) is 0 Å². The fourth-order valence-electron chi connectivity index (χ4n) is 1.65. The van der Waals surface area contributed by atoms with E-state index >= 15 is 0 Å². The molecule has 7 heteroatoms. The van der Waals surface area contributed by atoms with Gasteiger partial charge in [-0.1, -0.05) is 11.6 Å². The number of aromatic nitrogens is 3. The lowest BCUT2D eigenvalue weighted by atomic mass is 10.2. The molecule has 0 saturated heterocycles. The van der Waals surface area contributed by atoms with Crippen molar-refractivity contribution in [2.75, 3.05) is 19.1 Å². The highest BCUT2D eigenvalue weighted by molar-refractivity contribution is 6.32. The minimum Gasteiger partial charge on any atom is -0.491 e. The quantitative estimate of drug-likeness (QED) is 0.879. The molecule has 0 saturated carbocycles. The average molecular weight is 283 g/mol. The molecule has 0 fully saturated rings. The maximum atomic E-state index is 6.17. The van der Waals surface area contributed by atoms with E-state index < -0.39 is 0 Å². The Hall–Kier alpha value is -1.95. The predicted molar refractivity (Wildman–Crippen MR) is 72.3 cm³/mol. The summed E-state index contributed by atoms with van der Waals surface area (Å²) in [5.41, 5.74) is 4.09. The Balaban J connectivity index is 2.16. The number of hydrogen-bond acceptors (Lipinski definition) is 5. The largest absolute Gasteiger partial charge is 0.491 e. The van der Waals surface area contributed by atoms with Crippen LogP contribution in [-0.4, -0.2) is 28.6 Å². The van der Waals surface area contributed by atoms with Crippen molar-refractivity contribution >= 4 is 11.6 Å². The van der Waals surface area contributed by atoms with Gasteiger partial charge in [-0.2, -0.15) is 0 Å². The molecule has 6 nitrogen and oxygen atoms in total. The molecule has 0 atom stereocenters. The second-order valence-corrected chi connectivity index (χ2v) is 4.15. The number of nitrogens with zero attached hydrogens (tertiary/aromatic N) is 3. The fraction of sp³-hybridized carbons (Fsp3) is 0.333. The Morgan fingerprint density at radius 3 is 2.68 bits per heavy atom. The summed E-state index contributed by atoms with van der Waals surface area (Å²) in [5.74, 6) is 1.19. The van der Waals surface area contributed by atoms with Gasteiger partial charge in [-0.15, -0.1) is 10.2 Å². The van der Waals surface area contributed by atoms with Gasteiger partial charge in [0.05, 0.1) is 25.3 Å². The van der Waals surface area contributed by atoms with Crippen molar-refractivity contribution < 1.29 is 9.47 Å². The Bertz CT molecular complexity index is 531. The topological polar surface area (TPSA) is 61.2 Å². The number of halogens is 1. The minimum atomic E-state index is 0.522. The Kier molecular flexibility index (Phi) is 4.46. The Labute approximate surface area is 116 Å². The predicted octanol–water partition coefficient (Wildman–Crippen LogP) is 2.08. The molecule has 2 rings (SSSR count). The molecule has 0 aliphatic heterocycles. The van der Waals surface area contributed by atoms with E-state index in [1.54, 1.807) is 24.4 Å². The number of methoxy groups -OCH3 is 1. The molecule has 19 heavy (non-hydrogen) atoms. The standard InChI is InChI=1S/C12H15ClN4O2/c1-3-19-11-5-9(4-10(13)12(11)18-2)6-16-17-7-14-15-8-17/h4-5,7-8,16H,3,6H2,1-2H3. The lowest BCUT2D eigenvalue weighted by Gasteiger charge is -2.13. The first-order chi connectivity index (χ1) is 9.24. The van der Waals surface area contributed by atoms with Crippen LogP contribution in [0.15, 0.2) is 24.8 Å². The Morgan fingerprint density at radius 1 is 1.32 bits per heavy atom. The molecule has 102 valence electrons. The van der Waals surface area contributed by atoms with Crippen LogP contribution in [0, 0.1) is 0 Å². The first-order valence-electron chi connectivity index (χ1n) is 5.82. The van der Waals surface area contributed by atoms with Crippen LogP contribution in [0.25, 0.3) is 0 Å². The van der Waals surface area contributed by atoms with Crippen LogP contribution in [0.5, 0.6) is 11.5 Å². The molecule has 0 radical (unpaired) electrons. The molecule has 2 aromatic rings. The van der Waals surface area contributed by atoms with E-state index in [9.17, 15) is 0 Å². The second kappa shape index (κ2) is 6.29. The van der Waals surface area contributed by atoms with Crippen molar-refractivity contribution in [1.82, 2.24) is 14.9 Å². The summed E-state index contributed by atoms with van der Waals surface area (Å²) in [4.78, 5) is 0. The summed E-state index contributed by atoms with van der Waals surface area (Å²) in [6.07, 6.45) is 3.16. The van der Waals surface area contributed by atoms with Gasteiger partial charge in [0.25, 0.3) is 0 Å². The number of hydrogen-bond donors (Lipinski definition) is 1. The number of benzene rings is 1. The molecule has 1 aromatic carbocycles. The van der Waals surface area contributed by atoms with E-state index in [0.717, 1.165) is 5.56 Å². The van der Waals surface area contributed by atoms with Crippen LogP contribution in [0.4, 0.5) is 0 Å². The summed E-state index contributed by atoms with van der Waals surface area (Å²) >= 11 is 6.17. The van der Waals surface area contributed by atoms with E-state index in [1.165, 1.54) is 0 Å². The van der Waals surface area contributed by atoms with Crippen molar-refractivity contribution in [1.29, 1.82) is 0 Å². The summed E-state index contributed by atoms with van der Waals surface area (Å²) in [6.45, 7) is 3.03. The van der Waals surface area contributed by atoms with Gasteiger partial charge < -0.3 is 14.9 Å². The monoisotopic (exact) mass is 282 g/mol. The van der Waals surface area contributed by atoms with Crippen molar-refractivity contribution in [2.45, 2.75) is 13.5 Å². The van der Waals surface area contributed by atoms with Crippen molar-refractivity contribution in [3.8, 4) is 11.5 Å². The van der Waals surface area contributed by atoms with Crippen LogP contribution in [0.1, 0.15) is 12.5 Å². The molecule has 0 unspecified atom stereocenters. The molecule has 0 spiro atoms. The Morgan fingerprint density at radius 2 is 2.05 bits per heavy atom. The van der Waals surface area contributed by atoms with Crippen LogP contribution >= 0.6 is 11.6 Å². The lowest BCUT2D eigenvalue weighted by molar-refractivity contribution is 0.310. The molecule has 0 amide bonds. The number of ether oxygens (including phenoxy) is 2. The van der Waals surface area contributed by atoms with E-state index in [2.05, 4.69) is 15.6 Å². The van der Waals surface area contributed by atoms with E-state index in [4.69, 9.17) is 21.1 Å². The smallest absolute Gasteiger partial charge is 0.179 e. The molecular weight excluding hydrogens is 268 g/mol. The molecule has 1 N–H and O–H groups in total. The maximum Gasteiger partial charge on any atom is 0.179 e. The maximum absolute atomic E-state index is 6.17. The average Bonchev–Trinajstić information content (AvgIpc) is 2.90. The normalized spacial score (nSPS) is 10.3. The van der Waals surface area contributed by atoms with Gasteiger partial charge in [-0.3, -0.25) is 0 Å². The summed E-state index contributed by atoms with van der Waals surface area (Å²) < 4.78 is 12.4. The summed E-state index contributed by atoms with van der Waals surface area (Å²) in [6, 6.07) is 3.73. The van der Waals surface area contributed by atoms with E-state index in [1.807, 2.05) is 19.1 Å². The SMILES string of the molecule is CCOc1cc(CNn2cnnc2)cc(Cl)c1OC. The van der Waals surface area contributed by atoms with Gasteiger partial charge in [0, 0.05) is 0 Å². The van der Waals surface area contributed by atoms with E-state index in [0.29, 0.717) is 29.7 Å². The number of nitrogens with one attached hydrogen (secondary N) is 1. The zero-order chi connectivity index (χ0) is 13.7. The molecule has 1 heterocycles. The highest BCUT2D eigenvalue weighted by Gasteiger charge is 2.11. The van der Waals surface area contributed by atoms with Crippen LogP contribution in [0.2, 0.25) is 5.02 Å². The molecule has 0 aliphatic carbocycles. The van der Waals surface area contributed by atoms with Crippen molar-refractivity contribution in [3.05, 3.63) is 35.4 Å². The number of rotatable bonds is 6. The third-order valence-electron chi connectivity index (χ3n) is 2.46. The van der Waals surface area contributed by atoms with Gasteiger partial charge in [-0.25, -0.2) is 4.68 Å². The summed E-state index contributed by atoms with van der Waals surface area (Å²) in [7, 11) is 1.57. The van der Waals surface area contributed by atoms with Gasteiger partial charge in [0.1, 0.15) is 12.7 Å². The molecule has 0 bridgehead atoms. The molecular formula is C12H15ClN4O2. The van der Waals surface area contributed by atoms with Crippen LogP contribution < -0.4 is 14.9 Å². The molecule has 0 aliphatic rings. The van der Waals surface area contributed by atoms with Crippen LogP contribution in [-0.2, 0) is 6.54 Å². The van der Waals surface area contributed by atoms with Gasteiger partial charge in [0.2, 0.25) is 0 Å². The van der Waals surface area contributed by atoms with Gasteiger partial charge in [0.15, 0.2) is 11.5 Å². The second-order valence-electron chi connectivity index (χ2n) is 3.75. The zero-order valence-corrected chi connectivity index (χ0v) is 11.5. The van der Waals surface area contributed by atoms with Crippen LogP contribution in [0.3, 0.4) is 0 Å². The zero-order valence-electron chi connectivity index (χ0n) is 10.8. The lowest BCUT2D eigenvalue weighted by Crippen LogP contribution is -2.12.